The molecule has 128 valence electrons. The molecule has 0 amide bonds. The van der Waals surface area contributed by atoms with Crippen LogP contribution in [0.3, 0.4) is 0 Å². The maximum atomic E-state index is 12.3. The summed E-state index contributed by atoms with van der Waals surface area (Å²) in [5.41, 5.74) is 1.62. The summed E-state index contributed by atoms with van der Waals surface area (Å²) >= 11 is 0. The molecule has 4 rings (SSSR count). The second-order valence-corrected chi connectivity index (χ2v) is 6.68. The van der Waals surface area contributed by atoms with Crippen molar-refractivity contribution < 1.29 is 14.1 Å². The predicted octanol–water partition coefficient (Wildman–Crippen LogP) is 4.42. The van der Waals surface area contributed by atoms with Crippen LogP contribution in [0.5, 0.6) is 0 Å². The number of hydrogen-bond donors (Lipinski definition) is 0. The molecule has 1 aromatic heterocycles. The van der Waals surface area contributed by atoms with Gasteiger partial charge < -0.3 is 9.26 Å². The van der Waals surface area contributed by atoms with Crippen LogP contribution in [-0.2, 0) is 11.2 Å². The van der Waals surface area contributed by atoms with Crippen molar-refractivity contribution in [3.63, 3.8) is 0 Å². The Morgan fingerprint density at radius 1 is 1.16 bits per heavy atom. The van der Waals surface area contributed by atoms with Gasteiger partial charge in [-0.1, -0.05) is 47.6 Å². The number of Topliss-reactive ketones (excluding diaryl/α,β-unsaturated/α-hetero) is 1. The predicted molar refractivity (Wildman–Crippen MR) is 95.7 cm³/mol. The lowest BCUT2D eigenvalue weighted by Crippen LogP contribution is -2.05. The zero-order valence-electron chi connectivity index (χ0n) is 14.1. The molecule has 0 radical (unpaired) electrons. The molecule has 0 saturated carbocycles. The summed E-state index contributed by atoms with van der Waals surface area (Å²) in [6.45, 7) is 1.59. The Labute approximate surface area is 146 Å². The van der Waals surface area contributed by atoms with Crippen LogP contribution in [0.4, 0.5) is 0 Å². The summed E-state index contributed by atoms with van der Waals surface area (Å²) in [4.78, 5) is 12.3. The van der Waals surface area contributed by atoms with Gasteiger partial charge in [0.05, 0.1) is 0 Å². The first-order valence-corrected chi connectivity index (χ1v) is 8.83. The summed E-state index contributed by atoms with van der Waals surface area (Å²) in [7, 11) is 0. The minimum Gasteiger partial charge on any atom is -0.381 e. The Bertz CT molecular complexity index is 872. The first-order chi connectivity index (χ1) is 12.3. The summed E-state index contributed by atoms with van der Waals surface area (Å²) in [6, 6.07) is 16.3. The van der Waals surface area contributed by atoms with E-state index in [2.05, 4.69) is 29.4 Å². The molecular weight excluding hydrogens is 314 g/mol. The maximum Gasteiger partial charge on any atom is 0.184 e. The van der Waals surface area contributed by atoms with Gasteiger partial charge in [0.1, 0.15) is 11.5 Å². The molecule has 1 aliphatic heterocycles. The molecule has 2 heterocycles. The van der Waals surface area contributed by atoms with Crippen molar-refractivity contribution in [1.82, 2.24) is 5.16 Å². The fraction of sp³-hybridized carbons (Fsp3) is 0.333. The minimum absolute atomic E-state index is 0.0554. The number of hydrogen-bond acceptors (Lipinski definition) is 4. The average molecular weight is 335 g/mol. The lowest BCUT2D eigenvalue weighted by Gasteiger charge is -2.04. The van der Waals surface area contributed by atoms with E-state index < -0.39 is 0 Å². The third-order valence-corrected chi connectivity index (χ3v) is 4.89. The molecule has 1 atom stereocenters. The molecule has 4 heteroatoms. The molecule has 1 unspecified atom stereocenters. The summed E-state index contributed by atoms with van der Waals surface area (Å²) in [5.74, 6) is 1.29. The molecule has 1 aliphatic rings. The number of carbonyl (C=O) groups excluding carboxylic acids is 1. The Kier molecular flexibility index (Phi) is 4.61. The van der Waals surface area contributed by atoms with Crippen molar-refractivity contribution in [2.75, 3.05) is 13.2 Å². The number of nitrogens with zero attached hydrogens (tertiary/aromatic N) is 1. The van der Waals surface area contributed by atoms with Crippen LogP contribution in [0.1, 0.15) is 41.1 Å². The van der Waals surface area contributed by atoms with Crippen LogP contribution >= 0.6 is 0 Å². The van der Waals surface area contributed by atoms with Gasteiger partial charge in [0.15, 0.2) is 5.78 Å². The highest BCUT2D eigenvalue weighted by Gasteiger charge is 2.19. The van der Waals surface area contributed by atoms with Gasteiger partial charge in [0, 0.05) is 32.1 Å². The molecule has 0 spiro atoms. The van der Waals surface area contributed by atoms with Crippen molar-refractivity contribution in [3.05, 3.63) is 65.5 Å². The lowest BCUT2D eigenvalue weighted by molar-refractivity contribution is 0.0962. The second-order valence-electron chi connectivity index (χ2n) is 6.68. The van der Waals surface area contributed by atoms with Crippen LogP contribution in [0.2, 0.25) is 0 Å². The van der Waals surface area contributed by atoms with E-state index in [0.29, 0.717) is 24.5 Å². The van der Waals surface area contributed by atoms with Crippen LogP contribution < -0.4 is 0 Å². The van der Waals surface area contributed by atoms with Crippen molar-refractivity contribution in [2.24, 2.45) is 5.92 Å². The number of carbonyl (C=O) groups is 1. The van der Waals surface area contributed by atoms with E-state index in [1.54, 1.807) is 6.07 Å². The average Bonchev–Trinajstić information content (AvgIpc) is 3.32. The molecule has 1 fully saturated rings. The molecule has 2 aromatic carbocycles. The topological polar surface area (TPSA) is 52.3 Å². The van der Waals surface area contributed by atoms with Crippen LogP contribution in [0.15, 0.2) is 53.1 Å². The zero-order chi connectivity index (χ0) is 17.1. The number of ether oxygens (including phenoxy) is 1. The standard InChI is InChI=1S/C21H21NO3/c23-21(9-8-15-10-11-24-14-15)20-13-18(25-22-20)12-17-6-3-5-16-4-1-2-7-19(16)17/h1-7,13,15H,8-12,14H2. The molecule has 25 heavy (non-hydrogen) atoms. The van der Waals surface area contributed by atoms with Gasteiger partial charge in [-0.25, -0.2) is 0 Å². The molecule has 0 aliphatic carbocycles. The quantitative estimate of drug-likeness (QED) is 0.626. The van der Waals surface area contributed by atoms with E-state index in [0.717, 1.165) is 31.8 Å². The SMILES string of the molecule is O=C(CCC1CCOC1)c1cc(Cc2cccc3ccccc23)on1. The summed E-state index contributed by atoms with van der Waals surface area (Å²) in [5, 5.41) is 6.39. The van der Waals surface area contributed by atoms with Crippen LogP contribution in [0.25, 0.3) is 10.8 Å². The van der Waals surface area contributed by atoms with Gasteiger partial charge in [0.25, 0.3) is 0 Å². The van der Waals surface area contributed by atoms with Crippen LogP contribution in [0, 0.1) is 5.92 Å². The van der Waals surface area contributed by atoms with E-state index in [1.165, 1.54) is 16.3 Å². The summed E-state index contributed by atoms with van der Waals surface area (Å²) < 4.78 is 10.8. The van der Waals surface area contributed by atoms with E-state index in [9.17, 15) is 4.79 Å². The fourth-order valence-corrected chi connectivity index (χ4v) is 3.44. The van der Waals surface area contributed by atoms with Crippen molar-refractivity contribution in [2.45, 2.75) is 25.7 Å². The zero-order valence-corrected chi connectivity index (χ0v) is 14.1. The number of fused-ring (bicyclic) bond motifs is 1. The number of aromatic nitrogens is 1. The molecule has 3 aromatic rings. The minimum atomic E-state index is 0.0554. The van der Waals surface area contributed by atoms with Gasteiger partial charge in [-0.15, -0.1) is 0 Å². The third-order valence-electron chi connectivity index (χ3n) is 4.89. The summed E-state index contributed by atoms with van der Waals surface area (Å²) in [6.07, 6.45) is 3.06. The Morgan fingerprint density at radius 3 is 2.92 bits per heavy atom. The first kappa shape index (κ1) is 16.0. The van der Waals surface area contributed by atoms with Crippen LogP contribution in [-0.4, -0.2) is 24.2 Å². The monoisotopic (exact) mass is 335 g/mol. The molecular formula is C21H21NO3. The van der Waals surface area contributed by atoms with Gasteiger partial charge in [0.2, 0.25) is 0 Å². The largest absolute Gasteiger partial charge is 0.381 e. The molecule has 0 N–H and O–H groups in total. The normalized spacial score (nSPS) is 17.2. The smallest absolute Gasteiger partial charge is 0.184 e. The highest BCUT2D eigenvalue weighted by atomic mass is 16.5. The number of ketones is 1. The molecule has 0 bridgehead atoms. The van der Waals surface area contributed by atoms with Crippen molar-refractivity contribution >= 4 is 16.6 Å². The number of rotatable bonds is 6. The Morgan fingerprint density at radius 2 is 2.04 bits per heavy atom. The maximum absolute atomic E-state index is 12.3. The van der Waals surface area contributed by atoms with E-state index in [4.69, 9.17) is 9.26 Å². The Hall–Kier alpha value is -2.46. The fourth-order valence-electron chi connectivity index (χ4n) is 3.44. The first-order valence-electron chi connectivity index (χ1n) is 8.83. The van der Waals surface area contributed by atoms with E-state index in [1.807, 2.05) is 18.2 Å². The van der Waals surface area contributed by atoms with Gasteiger partial charge >= 0.3 is 0 Å². The molecule has 4 nitrogen and oxygen atoms in total. The number of benzene rings is 2. The van der Waals surface area contributed by atoms with Gasteiger partial charge in [-0.3, -0.25) is 4.79 Å². The van der Waals surface area contributed by atoms with E-state index >= 15 is 0 Å². The highest BCUT2D eigenvalue weighted by molar-refractivity contribution is 5.94. The lowest BCUT2D eigenvalue weighted by atomic mass is 9.99. The molecule has 1 saturated heterocycles. The van der Waals surface area contributed by atoms with Crippen molar-refractivity contribution in [1.29, 1.82) is 0 Å². The highest BCUT2D eigenvalue weighted by Crippen LogP contribution is 2.23. The van der Waals surface area contributed by atoms with E-state index in [-0.39, 0.29) is 5.78 Å². The van der Waals surface area contributed by atoms with Gasteiger partial charge in [-0.05, 0) is 35.1 Å². The third kappa shape index (κ3) is 3.64. The second kappa shape index (κ2) is 7.19. The Balaban J connectivity index is 1.44. The van der Waals surface area contributed by atoms with Crippen molar-refractivity contribution in [3.8, 4) is 0 Å². The van der Waals surface area contributed by atoms with Gasteiger partial charge in [-0.2, -0.15) is 0 Å².